The summed E-state index contributed by atoms with van der Waals surface area (Å²) in [5.74, 6) is -0.236. The van der Waals surface area contributed by atoms with Gasteiger partial charge in [-0.1, -0.05) is 29.3 Å². The van der Waals surface area contributed by atoms with Crippen LogP contribution in [0.25, 0.3) is 0 Å². The molecular weight excluding hydrogens is 284 g/mol. The molecule has 1 nitrogen and oxygen atoms in total. The lowest BCUT2D eigenvalue weighted by Gasteiger charge is -2.20. The number of nitrogens with one attached hydrogen (secondary N) is 1. The molecule has 2 aromatic rings. The topological polar surface area (TPSA) is 12.0 Å². The van der Waals surface area contributed by atoms with Crippen molar-refractivity contribution in [2.24, 2.45) is 0 Å². The van der Waals surface area contributed by atoms with E-state index in [1.54, 1.807) is 12.1 Å². The molecule has 1 unspecified atom stereocenters. The van der Waals surface area contributed by atoms with Gasteiger partial charge in [-0.3, -0.25) is 0 Å². The molecule has 2 aromatic carbocycles. The summed E-state index contributed by atoms with van der Waals surface area (Å²) < 4.78 is 13.2. The Hall–Kier alpha value is -1.09. The highest BCUT2D eigenvalue weighted by molar-refractivity contribution is 6.34. The maximum absolute atomic E-state index is 13.2. The fraction of sp³-hybridized carbons (Fsp3) is 0.200. The fourth-order valence-corrected chi connectivity index (χ4v) is 2.75. The molecule has 0 aliphatic rings. The van der Waals surface area contributed by atoms with Gasteiger partial charge in [0.15, 0.2) is 0 Å². The highest BCUT2D eigenvalue weighted by Gasteiger charge is 2.15. The van der Waals surface area contributed by atoms with E-state index >= 15 is 0 Å². The van der Waals surface area contributed by atoms with Crippen LogP contribution in [-0.4, -0.2) is 7.05 Å². The van der Waals surface area contributed by atoms with Crippen molar-refractivity contribution in [2.75, 3.05) is 7.05 Å². The van der Waals surface area contributed by atoms with Gasteiger partial charge in [0.25, 0.3) is 0 Å². The lowest BCUT2D eigenvalue weighted by atomic mass is 9.95. The zero-order valence-corrected chi connectivity index (χ0v) is 12.2. The Labute approximate surface area is 122 Å². The highest BCUT2D eigenvalue weighted by Crippen LogP contribution is 2.29. The molecule has 0 aliphatic carbocycles. The maximum atomic E-state index is 13.2. The molecule has 0 spiro atoms. The van der Waals surface area contributed by atoms with Crippen molar-refractivity contribution < 1.29 is 4.39 Å². The minimum absolute atomic E-state index is 0.0724. The highest BCUT2D eigenvalue weighted by atomic mass is 35.5. The molecule has 1 N–H and O–H groups in total. The van der Waals surface area contributed by atoms with E-state index in [1.165, 1.54) is 12.1 Å². The van der Waals surface area contributed by atoms with Gasteiger partial charge in [-0.15, -0.1) is 0 Å². The number of hydrogen-bond acceptors (Lipinski definition) is 1. The van der Waals surface area contributed by atoms with E-state index in [0.29, 0.717) is 10.0 Å². The Morgan fingerprint density at radius 1 is 1.05 bits per heavy atom. The first kappa shape index (κ1) is 14.3. The number of hydrogen-bond donors (Lipinski definition) is 1. The molecule has 0 aromatic heterocycles. The molecule has 1 atom stereocenters. The second-order valence-corrected chi connectivity index (χ2v) is 5.30. The van der Waals surface area contributed by atoms with Crippen LogP contribution in [0.15, 0.2) is 36.4 Å². The van der Waals surface area contributed by atoms with Crippen LogP contribution >= 0.6 is 23.2 Å². The molecule has 0 saturated heterocycles. The zero-order chi connectivity index (χ0) is 14.0. The van der Waals surface area contributed by atoms with Crippen LogP contribution in [0.5, 0.6) is 0 Å². The van der Waals surface area contributed by atoms with E-state index in [-0.39, 0.29) is 11.9 Å². The molecule has 19 heavy (non-hydrogen) atoms. The Morgan fingerprint density at radius 3 is 2.21 bits per heavy atom. The second-order valence-electron chi connectivity index (χ2n) is 4.43. The second kappa shape index (κ2) is 5.91. The van der Waals surface area contributed by atoms with Crippen molar-refractivity contribution in [3.8, 4) is 0 Å². The third-order valence-corrected chi connectivity index (χ3v) is 3.49. The number of aryl methyl sites for hydroxylation is 1. The first-order valence-electron chi connectivity index (χ1n) is 5.90. The van der Waals surface area contributed by atoms with Gasteiger partial charge in [-0.2, -0.15) is 0 Å². The van der Waals surface area contributed by atoms with Gasteiger partial charge < -0.3 is 5.32 Å². The molecule has 0 heterocycles. The smallest absolute Gasteiger partial charge is 0.123 e. The molecule has 0 amide bonds. The first-order valence-corrected chi connectivity index (χ1v) is 6.66. The molecule has 2 rings (SSSR count). The van der Waals surface area contributed by atoms with Crippen LogP contribution in [0.4, 0.5) is 4.39 Å². The number of benzene rings is 2. The van der Waals surface area contributed by atoms with E-state index in [4.69, 9.17) is 23.2 Å². The van der Waals surface area contributed by atoms with E-state index in [9.17, 15) is 4.39 Å². The fourth-order valence-electron chi connectivity index (χ4n) is 2.21. The predicted molar refractivity (Wildman–Crippen MR) is 78.5 cm³/mol. The molecule has 100 valence electrons. The largest absolute Gasteiger partial charge is 0.309 e. The van der Waals surface area contributed by atoms with Crippen LogP contribution in [0.1, 0.15) is 22.7 Å². The van der Waals surface area contributed by atoms with Gasteiger partial charge in [-0.25, -0.2) is 4.39 Å². The summed E-state index contributed by atoms with van der Waals surface area (Å²) in [4.78, 5) is 0. The average Bonchev–Trinajstić information content (AvgIpc) is 2.31. The van der Waals surface area contributed by atoms with Crippen molar-refractivity contribution in [1.29, 1.82) is 0 Å². The summed E-state index contributed by atoms with van der Waals surface area (Å²) in [7, 11) is 1.85. The molecule has 0 saturated carbocycles. The quantitative estimate of drug-likeness (QED) is 0.862. The minimum Gasteiger partial charge on any atom is -0.309 e. The molecule has 4 heteroatoms. The summed E-state index contributed by atoms with van der Waals surface area (Å²) in [6.07, 6.45) is 0. The average molecular weight is 298 g/mol. The normalized spacial score (nSPS) is 12.5. The Bertz CT molecular complexity index is 578. The third kappa shape index (κ3) is 3.27. The molecule has 0 bridgehead atoms. The molecule has 0 fully saturated rings. The van der Waals surface area contributed by atoms with Gasteiger partial charge in [-0.05, 0) is 61.0 Å². The van der Waals surface area contributed by atoms with Gasteiger partial charge in [0.1, 0.15) is 5.82 Å². The van der Waals surface area contributed by atoms with Crippen LogP contribution < -0.4 is 5.32 Å². The standard InChI is InChI=1S/C15H14Cl2FN/c1-9-5-13(18)3-4-14(9)15(19-2)10-6-11(16)8-12(17)7-10/h3-8,15,19H,1-2H3. The summed E-state index contributed by atoms with van der Waals surface area (Å²) in [5.41, 5.74) is 2.84. The number of rotatable bonds is 3. The van der Waals surface area contributed by atoms with Crippen LogP contribution in [0, 0.1) is 12.7 Å². The lowest BCUT2D eigenvalue weighted by Crippen LogP contribution is -2.18. The van der Waals surface area contributed by atoms with Crippen molar-refractivity contribution in [2.45, 2.75) is 13.0 Å². The van der Waals surface area contributed by atoms with Crippen LogP contribution in [0.3, 0.4) is 0 Å². The van der Waals surface area contributed by atoms with Gasteiger partial charge >= 0.3 is 0 Å². The van der Waals surface area contributed by atoms with Crippen LogP contribution in [-0.2, 0) is 0 Å². The van der Waals surface area contributed by atoms with Gasteiger partial charge in [0.2, 0.25) is 0 Å². The zero-order valence-electron chi connectivity index (χ0n) is 10.7. The van der Waals surface area contributed by atoms with Crippen LogP contribution in [0.2, 0.25) is 10.0 Å². The van der Waals surface area contributed by atoms with E-state index in [2.05, 4.69) is 5.32 Å². The molecule has 0 aliphatic heterocycles. The van der Waals surface area contributed by atoms with Crippen molar-refractivity contribution in [3.63, 3.8) is 0 Å². The van der Waals surface area contributed by atoms with E-state index < -0.39 is 0 Å². The summed E-state index contributed by atoms with van der Waals surface area (Å²) in [6, 6.07) is 10.1. The summed E-state index contributed by atoms with van der Waals surface area (Å²) in [6.45, 7) is 1.88. The number of halogens is 3. The van der Waals surface area contributed by atoms with Gasteiger partial charge in [0.05, 0.1) is 6.04 Å². The molecule has 0 radical (unpaired) electrons. The monoisotopic (exact) mass is 297 g/mol. The minimum atomic E-state index is -0.236. The van der Waals surface area contributed by atoms with Crippen molar-refractivity contribution in [1.82, 2.24) is 5.32 Å². The Morgan fingerprint density at radius 2 is 1.68 bits per heavy atom. The van der Waals surface area contributed by atoms with Crippen molar-refractivity contribution in [3.05, 3.63) is 69.0 Å². The summed E-state index contributed by atoms with van der Waals surface area (Å²) in [5, 5.41) is 4.38. The summed E-state index contributed by atoms with van der Waals surface area (Å²) >= 11 is 12.1. The van der Waals surface area contributed by atoms with E-state index in [1.807, 2.05) is 26.1 Å². The third-order valence-electron chi connectivity index (χ3n) is 3.05. The lowest BCUT2D eigenvalue weighted by molar-refractivity contribution is 0.621. The Kier molecular flexibility index (Phi) is 4.46. The van der Waals surface area contributed by atoms with Crippen molar-refractivity contribution >= 4 is 23.2 Å². The molecular formula is C15H14Cl2FN. The first-order chi connectivity index (χ1) is 9.01. The predicted octanol–water partition coefficient (Wildman–Crippen LogP) is 4.75. The Balaban J connectivity index is 2.49. The van der Waals surface area contributed by atoms with Gasteiger partial charge in [0, 0.05) is 10.0 Å². The van der Waals surface area contributed by atoms with E-state index in [0.717, 1.165) is 16.7 Å². The maximum Gasteiger partial charge on any atom is 0.123 e. The SMILES string of the molecule is CNC(c1cc(Cl)cc(Cl)c1)c1ccc(F)cc1C.